The standard InChI is InChI=1S/C19H19N5O2S/c1-23-17(26)14-10-24(16(25)13-6-4-12(9-20)5-7-13)11-19(14,22-18(23)21)15-3-2-8-27-15/h3-7,14H,2,8,10-11H2,1H3,(H2,21,22). The predicted octanol–water partition coefficient (Wildman–Crippen LogP) is 1.18. The molecule has 1 aromatic carbocycles. The van der Waals surface area contributed by atoms with Crippen LogP contribution in [0.15, 0.2) is 40.2 Å². The van der Waals surface area contributed by atoms with Gasteiger partial charge >= 0.3 is 0 Å². The fourth-order valence-electron chi connectivity index (χ4n) is 3.91. The fourth-order valence-corrected chi connectivity index (χ4v) is 5.10. The van der Waals surface area contributed by atoms with E-state index in [4.69, 9.17) is 16.0 Å². The number of rotatable bonds is 2. The number of fused-ring (bicyclic) bond motifs is 1. The quantitative estimate of drug-likeness (QED) is 0.829. The molecule has 0 bridgehead atoms. The monoisotopic (exact) mass is 381 g/mol. The van der Waals surface area contributed by atoms with Gasteiger partial charge in [0.25, 0.3) is 5.91 Å². The van der Waals surface area contributed by atoms with Crippen molar-refractivity contribution in [2.75, 3.05) is 25.9 Å². The molecule has 3 aliphatic rings. The molecular formula is C19H19N5O2S. The zero-order valence-corrected chi connectivity index (χ0v) is 15.7. The molecule has 0 aliphatic carbocycles. The molecule has 1 aromatic rings. The van der Waals surface area contributed by atoms with Gasteiger partial charge in [-0.3, -0.25) is 14.5 Å². The van der Waals surface area contributed by atoms with Gasteiger partial charge in [0.05, 0.1) is 24.1 Å². The molecule has 0 aromatic heterocycles. The van der Waals surface area contributed by atoms with E-state index in [1.807, 2.05) is 6.07 Å². The van der Waals surface area contributed by atoms with Crippen LogP contribution in [0.1, 0.15) is 22.3 Å². The molecule has 8 heteroatoms. The summed E-state index contributed by atoms with van der Waals surface area (Å²) in [6, 6.07) is 8.58. The Kier molecular flexibility index (Phi) is 4.19. The molecule has 27 heavy (non-hydrogen) atoms. The van der Waals surface area contributed by atoms with Gasteiger partial charge in [-0.1, -0.05) is 6.08 Å². The maximum atomic E-state index is 13.0. The van der Waals surface area contributed by atoms with Crippen LogP contribution in [0.25, 0.3) is 0 Å². The van der Waals surface area contributed by atoms with E-state index in [0.717, 1.165) is 17.1 Å². The number of carbonyl (C=O) groups is 2. The Balaban J connectivity index is 1.70. The van der Waals surface area contributed by atoms with Gasteiger partial charge in [-0.2, -0.15) is 5.26 Å². The van der Waals surface area contributed by atoms with Gasteiger partial charge in [0.1, 0.15) is 5.54 Å². The normalized spacial score (nSPS) is 27.1. The van der Waals surface area contributed by atoms with Crippen LogP contribution in [-0.2, 0) is 4.79 Å². The van der Waals surface area contributed by atoms with Crippen LogP contribution in [0.4, 0.5) is 0 Å². The maximum Gasteiger partial charge on any atom is 0.253 e. The highest BCUT2D eigenvalue weighted by atomic mass is 32.2. The lowest BCUT2D eigenvalue weighted by Crippen LogP contribution is -2.56. The Morgan fingerprint density at radius 1 is 1.41 bits per heavy atom. The zero-order valence-electron chi connectivity index (χ0n) is 14.9. The Hall–Kier alpha value is -2.79. The van der Waals surface area contributed by atoms with Gasteiger partial charge in [-0.05, 0) is 30.7 Å². The second kappa shape index (κ2) is 6.43. The van der Waals surface area contributed by atoms with Crippen LogP contribution in [0.2, 0.25) is 0 Å². The highest BCUT2D eigenvalue weighted by Crippen LogP contribution is 2.47. The fraction of sp³-hybridized carbons (Fsp3) is 0.368. The highest BCUT2D eigenvalue weighted by Gasteiger charge is 2.57. The minimum absolute atomic E-state index is 0.106. The first-order chi connectivity index (χ1) is 13.0. The lowest BCUT2D eigenvalue weighted by Gasteiger charge is -2.37. The van der Waals surface area contributed by atoms with Gasteiger partial charge in [-0.15, -0.1) is 11.8 Å². The molecule has 1 saturated heterocycles. The first kappa shape index (κ1) is 17.6. The van der Waals surface area contributed by atoms with Crippen molar-refractivity contribution in [1.82, 2.24) is 9.80 Å². The molecule has 2 unspecified atom stereocenters. The second-order valence-corrected chi connectivity index (χ2v) is 8.06. The lowest BCUT2D eigenvalue weighted by molar-refractivity contribution is -0.132. The number of amides is 2. The van der Waals surface area contributed by atoms with Crippen molar-refractivity contribution in [2.24, 2.45) is 16.6 Å². The summed E-state index contributed by atoms with van der Waals surface area (Å²) in [6.07, 6.45) is 3.04. The number of aliphatic imine (C=N–C) groups is 1. The van der Waals surface area contributed by atoms with E-state index in [2.05, 4.69) is 6.08 Å². The summed E-state index contributed by atoms with van der Waals surface area (Å²) in [5, 5.41) is 8.93. The molecular weight excluding hydrogens is 362 g/mol. The Labute approximate surface area is 161 Å². The van der Waals surface area contributed by atoms with E-state index in [9.17, 15) is 9.59 Å². The molecule has 1 fully saturated rings. The van der Waals surface area contributed by atoms with Gasteiger partial charge in [0.15, 0.2) is 5.96 Å². The molecule has 3 heterocycles. The Morgan fingerprint density at radius 3 is 2.78 bits per heavy atom. The van der Waals surface area contributed by atoms with Crippen LogP contribution in [-0.4, -0.2) is 59.0 Å². The molecule has 2 N–H and O–H groups in total. The number of guanidine groups is 1. The van der Waals surface area contributed by atoms with Crippen LogP contribution in [0.3, 0.4) is 0 Å². The maximum absolute atomic E-state index is 13.0. The number of hydrogen-bond donors (Lipinski definition) is 1. The highest BCUT2D eigenvalue weighted by molar-refractivity contribution is 8.03. The third-order valence-corrected chi connectivity index (χ3v) is 6.65. The number of allylic oxidation sites excluding steroid dienone is 1. The van der Waals surface area contributed by atoms with Crippen molar-refractivity contribution in [3.8, 4) is 6.07 Å². The smallest absolute Gasteiger partial charge is 0.253 e. The van der Waals surface area contributed by atoms with Crippen molar-refractivity contribution in [2.45, 2.75) is 12.0 Å². The largest absolute Gasteiger partial charge is 0.369 e. The number of likely N-dealkylation sites (tertiary alicyclic amines) is 1. The third kappa shape index (κ3) is 2.70. The summed E-state index contributed by atoms with van der Waals surface area (Å²) in [5.74, 6) is 0.436. The molecule has 0 saturated carbocycles. The van der Waals surface area contributed by atoms with Gasteiger partial charge < -0.3 is 10.6 Å². The first-order valence-corrected chi connectivity index (χ1v) is 9.70. The van der Waals surface area contributed by atoms with Crippen molar-refractivity contribution in [3.63, 3.8) is 0 Å². The number of thioether (sulfide) groups is 1. The van der Waals surface area contributed by atoms with Crippen molar-refractivity contribution in [3.05, 3.63) is 46.4 Å². The van der Waals surface area contributed by atoms with Crippen LogP contribution < -0.4 is 5.73 Å². The molecule has 0 spiro atoms. The van der Waals surface area contributed by atoms with Crippen LogP contribution in [0, 0.1) is 17.2 Å². The summed E-state index contributed by atoms with van der Waals surface area (Å²) in [4.78, 5) is 34.8. The number of nitrogens with two attached hydrogens (primary N) is 1. The van der Waals surface area contributed by atoms with Crippen molar-refractivity contribution >= 4 is 29.5 Å². The van der Waals surface area contributed by atoms with E-state index in [1.54, 1.807) is 48.0 Å². The molecule has 4 rings (SSSR count). The minimum Gasteiger partial charge on any atom is -0.369 e. The van der Waals surface area contributed by atoms with E-state index in [1.165, 1.54) is 4.90 Å². The summed E-state index contributed by atoms with van der Waals surface area (Å²) in [6.45, 7) is 0.631. The average Bonchev–Trinajstić information content (AvgIpc) is 3.34. The van der Waals surface area contributed by atoms with Gasteiger partial charge in [-0.25, -0.2) is 4.99 Å². The van der Waals surface area contributed by atoms with E-state index in [0.29, 0.717) is 24.2 Å². The Morgan fingerprint density at radius 2 is 2.15 bits per heavy atom. The lowest BCUT2D eigenvalue weighted by atomic mass is 9.84. The minimum atomic E-state index is -0.781. The summed E-state index contributed by atoms with van der Waals surface area (Å²) in [5.41, 5.74) is 6.24. The molecule has 7 nitrogen and oxygen atoms in total. The number of hydrogen-bond acceptors (Lipinski definition) is 6. The second-order valence-electron chi connectivity index (χ2n) is 6.92. The first-order valence-electron chi connectivity index (χ1n) is 8.72. The predicted molar refractivity (Wildman–Crippen MR) is 103 cm³/mol. The summed E-state index contributed by atoms with van der Waals surface area (Å²) >= 11 is 1.69. The average molecular weight is 381 g/mol. The van der Waals surface area contributed by atoms with E-state index < -0.39 is 11.5 Å². The summed E-state index contributed by atoms with van der Waals surface area (Å²) in [7, 11) is 1.62. The van der Waals surface area contributed by atoms with Gasteiger partial charge in [0.2, 0.25) is 5.91 Å². The Bertz CT molecular complexity index is 917. The van der Waals surface area contributed by atoms with Crippen molar-refractivity contribution in [1.29, 1.82) is 5.26 Å². The summed E-state index contributed by atoms with van der Waals surface area (Å²) < 4.78 is 0. The number of benzene rings is 1. The third-order valence-electron chi connectivity index (χ3n) is 5.38. The van der Waals surface area contributed by atoms with E-state index in [-0.39, 0.29) is 17.8 Å². The van der Waals surface area contributed by atoms with Crippen molar-refractivity contribution < 1.29 is 9.59 Å². The van der Waals surface area contributed by atoms with Crippen LogP contribution in [0.5, 0.6) is 0 Å². The number of nitriles is 1. The SMILES string of the molecule is CN1C(=O)C2CN(C(=O)c3ccc(C#N)cc3)CC2(C2=CCCS2)N=C1N. The van der Waals surface area contributed by atoms with E-state index >= 15 is 0 Å². The molecule has 2 amide bonds. The van der Waals surface area contributed by atoms with Gasteiger partial charge in [0, 0.05) is 29.8 Å². The number of carbonyl (C=O) groups excluding carboxylic acids is 2. The van der Waals surface area contributed by atoms with Crippen LogP contribution >= 0.6 is 11.8 Å². The topological polar surface area (TPSA) is 103 Å². The molecule has 138 valence electrons. The molecule has 3 aliphatic heterocycles. The number of nitrogens with zero attached hydrogens (tertiary/aromatic N) is 4. The molecule has 0 radical (unpaired) electrons. The molecule has 2 atom stereocenters. The zero-order chi connectivity index (χ0) is 19.2.